The quantitative estimate of drug-likeness (QED) is 0.936. The van der Waals surface area contributed by atoms with Gasteiger partial charge in [0.1, 0.15) is 11.9 Å². The Morgan fingerprint density at radius 2 is 2.14 bits per heavy atom. The van der Waals surface area contributed by atoms with Crippen LogP contribution >= 0.6 is 0 Å². The average molecular weight is 285 g/mol. The summed E-state index contributed by atoms with van der Waals surface area (Å²) in [7, 11) is 1.80. The predicted octanol–water partition coefficient (Wildman–Crippen LogP) is 2.15. The van der Waals surface area contributed by atoms with Gasteiger partial charge in [0, 0.05) is 13.2 Å². The van der Waals surface area contributed by atoms with Crippen LogP contribution in [-0.2, 0) is 7.05 Å². The highest BCUT2D eigenvalue weighted by Gasteiger charge is 2.30. The summed E-state index contributed by atoms with van der Waals surface area (Å²) in [6.45, 7) is 0. The Bertz CT molecular complexity index is 609. The largest absolute Gasteiger partial charge is 0.488 e. The smallest absolute Gasteiger partial charge is 0.254 e. The fraction of sp³-hybridized carbons (Fsp3) is 0.375. The molecule has 2 aromatic rings. The number of rotatable bonds is 4. The molecule has 1 aliphatic carbocycles. The molecule has 0 saturated heterocycles. The number of ether oxygens (including phenoxy) is 1. The monoisotopic (exact) mass is 285 g/mol. The molecule has 1 N–H and O–H groups in total. The van der Waals surface area contributed by atoms with Crippen molar-refractivity contribution in [2.75, 3.05) is 0 Å². The molecule has 0 bridgehead atoms. The summed E-state index contributed by atoms with van der Waals surface area (Å²) in [6.07, 6.45) is 6.31. The average Bonchev–Trinajstić information content (AvgIpc) is 3.10. The number of hydrogen-bond acceptors (Lipinski definition) is 3. The van der Waals surface area contributed by atoms with E-state index >= 15 is 0 Å². The van der Waals surface area contributed by atoms with Crippen molar-refractivity contribution < 1.29 is 9.53 Å². The van der Waals surface area contributed by atoms with Crippen molar-refractivity contribution in [1.29, 1.82) is 0 Å². The summed E-state index contributed by atoms with van der Waals surface area (Å²) >= 11 is 0. The van der Waals surface area contributed by atoms with Crippen LogP contribution in [-0.4, -0.2) is 27.8 Å². The van der Waals surface area contributed by atoms with Crippen molar-refractivity contribution in [3.63, 3.8) is 0 Å². The van der Waals surface area contributed by atoms with Gasteiger partial charge in [-0.05, 0) is 31.4 Å². The normalized spacial score (nSPS) is 21.2. The summed E-state index contributed by atoms with van der Waals surface area (Å²) in [5.41, 5.74) is 0.586. The molecule has 1 amide bonds. The van der Waals surface area contributed by atoms with Crippen LogP contribution < -0.4 is 10.1 Å². The van der Waals surface area contributed by atoms with Gasteiger partial charge in [-0.3, -0.25) is 9.48 Å². The summed E-state index contributed by atoms with van der Waals surface area (Å²) < 4.78 is 7.62. The molecule has 3 rings (SSSR count). The van der Waals surface area contributed by atoms with Gasteiger partial charge in [-0.15, -0.1) is 0 Å². The molecule has 1 aromatic heterocycles. The van der Waals surface area contributed by atoms with E-state index in [4.69, 9.17) is 4.74 Å². The third kappa shape index (κ3) is 3.24. The van der Waals surface area contributed by atoms with Gasteiger partial charge in [0.15, 0.2) is 0 Å². The van der Waals surface area contributed by atoms with Crippen LogP contribution in [0.4, 0.5) is 0 Å². The number of aromatic nitrogens is 2. The summed E-state index contributed by atoms with van der Waals surface area (Å²) in [4.78, 5) is 12.2. The lowest BCUT2D eigenvalue weighted by molar-refractivity contribution is 0.0894. The Morgan fingerprint density at radius 1 is 1.33 bits per heavy atom. The maximum absolute atomic E-state index is 12.2. The van der Waals surface area contributed by atoms with Crippen LogP contribution in [0.25, 0.3) is 0 Å². The molecule has 1 fully saturated rings. The highest BCUT2D eigenvalue weighted by molar-refractivity contribution is 5.93. The number of nitrogens with zero attached hydrogens (tertiary/aromatic N) is 2. The molecule has 1 heterocycles. The van der Waals surface area contributed by atoms with Gasteiger partial charge in [-0.1, -0.05) is 18.2 Å². The van der Waals surface area contributed by atoms with E-state index in [2.05, 4.69) is 10.4 Å². The van der Waals surface area contributed by atoms with Gasteiger partial charge in [-0.2, -0.15) is 5.10 Å². The van der Waals surface area contributed by atoms with E-state index in [1.165, 1.54) is 0 Å². The topological polar surface area (TPSA) is 56.2 Å². The summed E-state index contributed by atoms with van der Waals surface area (Å²) in [6, 6.07) is 9.80. The molecule has 21 heavy (non-hydrogen) atoms. The van der Waals surface area contributed by atoms with Gasteiger partial charge in [0.2, 0.25) is 0 Å². The van der Waals surface area contributed by atoms with E-state index in [1.54, 1.807) is 24.1 Å². The van der Waals surface area contributed by atoms with E-state index in [-0.39, 0.29) is 18.1 Å². The predicted molar refractivity (Wildman–Crippen MR) is 79.2 cm³/mol. The van der Waals surface area contributed by atoms with E-state index in [0.29, 0.717) is 5.56 Å². The zero-order chi connectivity index (χ0) is 14.7. The number of amides is 1. The highest BCUT2D eigenvalue weighted by atomic mass is 16.5. The second-order valence-corrected chi connectivity index (χ2v) is 5.38. The number of nitrogens with one attached hydrogen (secondary N) is 1. The Hall–Kier alpha value is -2.30. The first-order valence-electron chi connectivity index (χ1n) is 7.23. The molecular formula is C16H19N3O2. The number of carbonyl (C=O) groups excluding carboxylic acids is 1. The molecule has 5 nitrogen and oxygen atoms in total. The lowest BCUT2D eigenvalue weighted by Gasteiger charge is -2.22. The zero-order valence-corrected chi connectivity index (χ0v) is 12.0. The second kappa shape index (κ2) is 5.99. The summed E-state index contributed by atoms with van der Waals surface area (Å²) in [5.74, 6) is 0.765. The zero-order valence-electron chi connectivity index (χ0n) is 12.0. The van der Waals surface area contributed by atoms with Crippen molar-refractivity contribution in [2.24, 2.45) is 7.05 Å². The molecule has 0 spiro atoms. The Kier molecular flexibility index (Phi) is 3.90. The van der Waals surface area contributed by atoms with Crippen molar-refractivity contribution in [3.05, 3.63) is 48.3 Å². The Balaban J connectivity index is 1.63. The molecule has 0 aliphatic heterocycles. The Morgan fingerprint density at radius 3 is 2.86 bits per heavy atom. The van der Waals surface area contributed by atoms with Crippen LogP contribution in [0.3, 0.4) is 0 Å². The van der Waals surface area contributed by atoms with Crippen molar-refractivity contribution in [2.45, 2.75) is 31.4 Å². The molecule has 1 saturated carbocycles. The van der Waals surface area contributed by atoms with Crippen LogP contribution in [0.2, 0.25) is 0 Å². The van der Waals surface area contributed by atoms with Crippen molar-refractivity contribution >= 4 is 5.91 Å². The van der Waals surface area contributed by atoms with Crippen LogP contribution in [0.1, 0.15) is 29.6 Å². The van der Waals surface area contributed by atoms with Gasteiger partial charge in [0.25, 0.3) is 5.91 Å². The standard InChI is InChI=1S/C16H19N3O2/c1-19-11-12(10-17-19)16(20)18-14-8-5-9-15(14)21-13-6-3-2-4-7-13/h2-4,6-7,10-11,14-15H,5,8-9H2,1H3,(H,18,20)/t14-,15+/m1/s1. The van der Waals surface area contributed by atoms with Gasteiger partial charge >= 0.3 is 0 Å². The first-order valence-corrected chi connectivity index (χ1v) is 7.23. The minimum Gasteiger partial charge on any atom is -0.488 e. The number of para-hydroxylation sites is 1. The van der Waals surface area contributed by atoms with Crippen LogP contribution in [0, 0.1) is 0 Å². The number of benzene rings is 1. The summed E-state index contributed by atoms with van der Waals surface area (Å²) in [5, 5.41) is 7.09. The number of hydrogen-bond donors (Lipinski definition) is 1. The van der Waals surface area contributed by atoms with Crippen molar-refractivity contribution in [1.82, 2.24) is 15.1 Å². The van der Waals surface area contributed by atoms with Gasteiger partial charge in [0.05, 0.1) is 17.8 Å². The first-order chi connectivity index (χ1) is 10.2. The fourth-order valence-corrected chi connectivity index (χ4v) is 2.70. The molecule has 1 aromatic carbocycles. The lowest BCUT2D eigenvalue weighted by Crippen LogP contribution is -2.42. The van der Waals surface area contributed by atoms with E-state index in [1.807, 2.05) is 30.3 Å². The number of aryl methyl sites for hydroxylation is 1. The maximum atomic E-state index is 12.2. The maximum Gasteiger partial charge on any atom is 0.254 e. The fourth-order valence-electron chi connectivity index (χ4n) is 2.70. The highest BCUT2D eigenvalue weighted by Crippen LogP contribution is 2.24. The van der Waals surface area contributed by atoms with Crippen LogP contribution in [0.15, 0.2) is 42.7 Å². The third-order valence-electron chi connectivity index (χ3n) is 3.77. The van der Waals surface area contributed by atoms with Crippen LogP contribution in [0.5, 0.6) is 5.75 Å². The van der Waals surface area contributed by atoms with E-state index in [9.17, 15) is 4.79 Å². The minimum atomic E-state index is -0.0864. The first kappa shape index (κ1) is 13.7. The number of carbonyl (C=O) groups is 1. The third-order valence-corrected chi connectivity index (χ3v) is 3.77. The van der Waals surface area contributed by atoms with Crippen molar-refractivity contribution in [3.8, 4) is 5.75 Å². The minimum absolute atomic E-state index is 0.0352. The molecule has 0 radical (unpaired) electrons. The molecule has 1 aliphatic rings. The molecular weight excluding hydrogens is 266 g/mol. The van der Waals surface area contributed by atoms with E-state index < -0.39 is 0 Å². The lowest BCUT2D eigenvalue weighted by atomic mass is 10.2. The second-order valence-electron chi connectivity index (χ2n) is 5.38. The molecule has 2 atom stereocenters. The Labute approximate surface area is 123 Å². The molecule has 110 valence electrons. The van der Waals surface area contributed by atoms with Gasteiger partial charge in [-0.25, -0.2) is 0 Å². The SMILES string of the molecule is Cn1cc(C(=O)N[C@@H]2CCC[C@@H]2Oc2ccccc2)cn1. The van der Waals surface area contributed by atoms with Gasteiger partial charge < -0.3 is 10.1 Å². The van der Waals surface area contributed by atoms with E-state index in [0.717, 1.165) is 25.0 Å². The molecule has 0 unspecified atom stereocenters. The molecule has 5 heteroatoms.